The van der Waals surface area contributed by atoms with Crippen LogP contribution in [-0.2, 0) is 0 Å². The lowest BCUT2D eigenvalue weighted by atomic mass is 9.75. The second kappa shape index (κ2) is 4.83. The van der Waals surface area contributed by atoms with Crippen molar-refractivity contribution in [1.29, 1.82) is 0 Å². The third-order valence-corrected chi connectivity index (χ3v) is 2.44. The molecule has 0 heterocycles. The summed E-state index contributed by atoms with van der Waals surface area (Å²) < 4.78 is 0. The van der Waals surface area contributed by atoms with E-state index in [1.165, 1.54) is 11.1 Å². The summed E-state index contributed by atoms with van der Waals surface area (Å²) >= 11 is 0. The summed E-state index contributed by atoms with van der Waals surface area (Å²) in [7, 11) is 0. The first-order valence-electron chi connectivity index (χ1n) is 5.65. The highest BCUT2D eigenvalue weighted by Crippen LogP contribution is 2.37. The molecule has 0 nitrogen and oxygen atoms in total. The highest BCUT2D eigenvalue weighted by molar-refractivity contribution is 5.39. The van der Waals surface area contributed by atoms with Crippen LogP contribution >= 0.6 is 0 Å². The first-order valence-corrected chi connectivity index (χ1v) is 5.65. The molecule has 0 N–H and O–H groups in total. The monoisotopic (exact) mass is 206 g/mol. The first kappa shape index (κ1) is 14.2. The van der Waals surface area contributed by atoms with Gasteiger partial charge in [-0.2, -0.15) is 0 Å². The normalized spacial score (nSPS) is 15.4. The van der Waals surface area contributed by atoms with Crippen molar-refractivity contribution in [2.45, 2.75) is 48.5 Å². The molecule has 0 fully saturated rings. The van der Waals surface area contributed by atoms with E-state index in [1.807, 2.05) is 6.08 Å². The number of hydrogen-bond acceptors (Lipinski definition) is 0. The first-order chi connectivity index (χ1) is 6.64. The minimum Gasteiger partial charge on any atom is -0.0988 e. The van der Waals surface area contributed by atoms with Crippen LogP contribution in [0.1, 0.15) is 48.5 Å². The van der Waals surface area contributed by atoms with Crippen LogP contribution in [0.2, 0.25) is 0 Å². The van der Waals surface area contributed by atoms with Gasteiger partial charge in [-0.05, 0) is 28.9 Å². The maximum atomic E-state index is 3.95. The highest BCUT2D eigenvalue weighted by atomic mass is 14.3. The van der Waals surface area contributed by atoms with Crippen LogP contribution in [0.5, 0.6) is 0 Å². The molecule has 0 amide bonds. The topological polar surface area (TPSA) is 0 Å². The quantitative estimate of drug-likeness (QED) is 0.549. The molecule has 0 heteroatoms. The maximum Gasteiger partial charge on any atom is -0.0129 e. The van der Waals surface area contributed by atoms with Gasteiger partial charge in [-0.15, -0.1) is 0 Å². The van der Waals surface area contributed by atoms with Crippen LogP contribution < -0.4 is 0 Å². The van der Waals surface area contributed by atoms with Crippen LogP contribution in [0, 0.1) is 10.8 Å². The van der Waals surface area contributed by atoms with Crippen molar-refractivity contribution in [3.05, 3.63) is 36.0 Å². The van der Waals surface area contributed by atoms with Crippen LogP contribution in [0.3, 0.4) is 0 Å². The Hall–Kier alpha value is -0.780. The minimum atomic E-state index is 0.157. The minimum absolute atomic E-state index is 0.157. The lowest BCUT2D eigenvalue weighted by Gasteiger charge is -2.30. The fraction of sp³-hybridized carbons (Fsp3) is 0.600. The molecule has 0 radical (unpaired) electrons. The van der Waals surface area contributed by atoms with Gasteiger partial charge >= 0.3 is 0 Å². The molecule has 0 aliphatic carbocycles. The molecule has 0 spiro atoms. The highest BCUT2D eigenvalue weighted by Gasteiger charge is 2.24. The van der Waals surface area contributed by atoms with Crippen LogP contribution in [0.15, 0.2) is 36.0 Å². The van der Waals surface area contributed by atoms with Gasteiger partial charge in [0.15, 0.2) is 0 Å². The predicted molar refractivity (Wildman–Crippen MR) is 70.9 cm³/mol. The summed E-state index contributed by atoms with van der Waals surface area (Å²) in [6, 6.07) is 0. The molecule has 0 saturated carbocycles. The van der Waals surface area contributed by atoms with Crippen molar-refractivity contribution < 1.29 is 0 Å². The molecule has 0 aromatic carbocycles. The average Bonchev–Trinajstić information content (AvgIpc) is 2.00. The van der Waals surface area contributed by atoms with Crippen molar-refractivity contribution in [3.8, 4) is 0 Å². The molecule has 0 bridgehead atoms. The molecule has 15 heavy (non-hydrogen) atoms. The number of rotatable bonds is 2. The van der Waals surface area contributed by atoms with Crippen molar-refractivity contribution in [3.63, 3.8) is 0 Å². The van der Waals surface area contributed by atoms with Gasteiger partial charge in [0.25, 0.3) is 0 Å². The molecule has 0 aromatic heterocycles. The van der Waals surface area contributed by atoms with E-state index < -0.39 is 0 Å². The lowest BCUT2D eigenvalue weighted by Crippen LogP contribution is -2.17. The van der Waals surface area contributed by atoms with E-state index in [2.05, 4.69) is 67.2 Å². The van der Waals surface area contributed by atoms with E-state index >= 15 is 0 Å². The van der Waals surface area contributed by atoms with Crippen molar-refractivity contribution in [2.75, 3.05) is 0 Å². The van der Waals surface area contributed by atoms with Crippen LogP contribution in [0.25, 0.3) is 0 Å². The Morgan fingerprint density at radius 2 is 1.27 bits per heavy atom. The van der Waals surface area contributed by atoms with Crippen LogP contribution in [0.4, 0.5) is 0 Å². The zero-order chi connectivity index (χ0) is 12.3. The largest absolute Gasteiger partial charge is 0.0988 e. The molecule has 0 aromatic rings. The number of allylic oxidation sites excluding steroid dienone is 5. The Labute approximate surface area is 95.8 Å². The molecule has 0 aliphatic heterocycles. The lowest BCUT2D eigenvalue weighted by molar-refractivity contribution is 0.463. The summed E-state index contributed by atoms with van der Waals surface area (Å²) in [5.41, 5.74) is 3.05. The standard InChI is InChI=1S/C15H26/c1-9-11-13(15(6,7)8)12(10-2)14(3,4)5/h9-11H,2H2,1,3-8H3/b11-9-,13-12-. The second-order valence-corrected chi connectivity index (χ2v) is 6.03. The van der Waals surface area contributed by atoms with E-state index in [0.717, 1.165) is 0 Å². The summed E-state index contributed by atoms with van der Waals surface area (Å²) in [4.78, 5) is 0. The Balaban J connectivity index is 5.72. The van der Waals surface area contributed by atoms with Crippen molar-refractivity contribution in [2.24, 2.45) is 10.8 Å². The second-order valence-electron chi connectivity index (χ2n) is 6.03. The maximum absolute atomic E-state index is 3.95. The van der Waals surface area contributed by atoms with Crippen molar-refractivity contribution in [1.82, 2.24) is 0 Å². The van der Waals surface area contributed by atoms with Gasteiger partial charge in [-0.1, -0.05) is 66.3 Å². The fourth-order valence-corrected chi connectivity index (χ4v) is 1.73. The summed E-state index contributed by atoms with van der Waals surface area (Å²) in [6.45, 7) is 19.5. The third kappa shape index (κ3) is 4.07. The fourth-order valence-electron chi connectivity index (χ4n) is 1.73. The van der Waals surface area contributed by atoms with Gasteiger partial charge < -0.3 is 0 Å². The smallest absolute Gasteiger partial charge is 0.0129 e. The zero-order valence-electron chi connectivity index (χ0n) is 11.4. The zero-order valence-corrected chi connectivity index (χ0v) is 11.4. The van der Waals surface area contributed by atoms with Crippen LogP contribution in [-0.4, -0.2) is 0 Å². The van der Waals surface area contributed by atoms with Crippen molar-refractivity contribution >= 4 is 0 Å². The molecule has 0 unspecified atom stereocenters. The third-order valence-electron chi connectivity index (χ3n) is 2.44. The van der Waals surface area contributed by atoms with E-state index in [4.69, 9.17) is 0 Å². The Kier molecular flexibility index (Phi) is 4.58. The van der Waals surface area contributed by atoms with Gasteiger partial charge in [0.1, 0.15) is 0 Å². The van der Waals surface area contributed by atoms with E-state index in [9.17, 15) is 0 Å². The summed E-state index contributed by atoms with van der Waals surface area (Å²) in [6.07, 6.45) is 6.32. The van der Waals surface area contributed by atoms with Gasteiger partial charge in [-0.3, -0.25) is 0 Å². The molecule has 86 valence electrons. The van der Waals surface area contributed by atoms with Gasteiger partial charge in [0.05, 0.1) is 0 Å². The van der Waals surface area contributed by atoms with E-state index in [1.54, 1.807) is 0 Å². The SMILES string of the molecule is C=C/C(=C(\C=C/C)C(C)(C)C)C(C)(C)C. The predicted octanol–water partition coefficient (Wildman–Crippen LogP) is 5.14. The average molecular weight is 206 g/mol. The molecule has 0 aliphatic rings. The Bertz CT molecular complexity index is 274. The molecule has 0 atom stereocenters. The summed E-state index contributed by atoms with van der Waals surface area (Å²) in [5, 5.41) is 0. The molecule has 0 rings (SSSR count). The molecule has 0 saturated heterocycles. The van der Waals surface area contributed by atoms with Gasteiger partial charge in [0, 0.05) is 0 Å². The van der Waals surface area contributed by atoms with E-state index in [-0.39, 0.29) is 10.8 Å². The van der Waals surface area contributed by atoms with Gasteiger partial charge in [0.2, 0.25) is 0 Å². The molecular formula is C15H26. The van der Waals surface area contributed by atoms with E-state index in [0.29, 0.717) is 0 Å². The summed E-state index contributed by atoms with van der Waals surface area (Å²) in [5.74, 6) is 0. The number of hydrogen-bond donors (Lipinski definition) is 0. The Morgan fingerprint density at radius 1 is 0.867 bits per heavy atom. The molecular weight excluding hydrogens is 180 g/mol. The van der Waals surface area contributed by atoms with Gasteiger partial charge in [-0.25, -0.2) is 0 Å². The Morgan fingerprint density at radius 3 is 1.47 bits per heavy atom.